The zero-order chi connectivity index (χ0) is 13.5. The molecule has 0 spiro atoms. The van der Waals surface area contributed by atoms with E-state index in [1.54, 1.807) is 0 Å². The highest BCUT2D eigenvalue weighted by Gasteiger charge is 2.28. The summed E-state index contributed by atoms with van der Waals surface area (Å²) in [4.78, 5) is 44.9. The minimum atomic E-state index is -0.888. The summed E-state index contributed by atoms with van der Waals surface area (Å²) < 4.78 is 13.3. The lowest BCUT2D eigenvalue weighted by Crippen LogP contribution is -2.35. The molecule has 1 heterocycles. The van der Waals surface area contributed by atoms with Gasteiger partial charge in [0.05, 0.1) is 13.7 Å². The highest BCUT2D eigenvalue weighted by molar-refractivity contribution is 5.96. The van der Waals surface area contributed by atoms with Gasteiger partial charge in [-0.2, -0.15) is 0 Å². The molecule has 0 radical (unpaired) electrons. The van der Waals surface area contributed by atoms with E-state index in [0.29, 0.717) is 0 Å². The standard InChI is InChI=1S/C10H11NO7/c1-16-8(13)2-3-9(14)18-6-7(12)11-4-5-17-10(11)15/h2-3H,4-6H2,1H3. The molecule has 0 N–H and O–H groups in total. The molecule has 18 heavy (non-hydrogen) atoms. The van der Waals surface area contributed by atoms with Crippen molar-refractivity contribution in [3.05, 3.63) is 12.2 Å². The molecule has 1 saturated heterocycles. The molecule has 0 aliphatic carbocycles. The smallest absolute Gasteiger partial charge is 0.416 e. The molecule has 0 unspecified atom stereocenters. The highest BCUT2D eigenvalue weighted by atomic mass is 16.6. The molecule has 1 rings (SSSR count). The van der Waals surface area contributed by atoms with Crippen LogP contribution in [0.3, 0.4) is 0 Å². The monoisotopic (exact) mass is 257 g/mol. The van der Waals surface area contributed by atoms with E-state index in [2.05, 4.69) is 14.2 Å². The molecule has 0 aromatic rings. The van der Waals surface area contributed by atoms with Crippen LogP contribution in [0.1, 0.15) is 0 Å². The van der Waals surface area contributed by atoms with Crippen molar-refractivity contribution in [3.63, 3.8) is 0 Å². The Bertz CT molecular complexity index is 401. The Balaban J connectivity index is 2.34. The predicted molar refractivity (Wildman–Crippen MR) is 55.2 cm³/mol. The molecule has 1 aliphatic heterocycles. The molecule has 98 valence electrons. The molecule has 8 heteroatoms. The van der Waals surface area contributed by atoms with E-state index in [4.69, 9.17) is 0 Å². The fourth-order valence-corrected chi connectivity index (χ4v) is 1.08. The minimum absolute atomic E-state index is 0.126. The summed E-state index contributed by atoms with van der Waals surface area (Å²) in [5.74, 6) is -2.29. The van der Waals surface area contributed by atoms with Gasteiger partial charge in [-0.15, -0.1) is 0 Å². The molecule has 1 fully saturated rings. The normalized spacial score (nSPS) is 14.5. The molecular weight excluding hydrogens is 246 g/mol. The van der Waals surface area contributed by atoms with Crippen molar-refractivity contribution in [2.45, 2.75) is 0 Å². The molecular formula is C10H11NO7. The predicted octanol–water partition coefficient (Wildman–Crippen LogP) is -0.762. The number of hydrogen-bond acceptors (Lipinski definition) is 7. The maximum atomic E-state index is 11.4. The molecule has 2 amide bonds. The maximum absolute atomic E-state index is 11.4. The molecule has 0 aromatic heterocycles. The van der Waals surface area contributed by atoms with Crippen molar-refractivity contribution in [2.24, 2.45) is 0 Å². The summed E-state index contributed by atoms with van der Waals surface area (Å²) in [6.45, 7) is -0.340. The summed E-state index contributed by atoms with van der Waals surface area (Å²) in [7, 11) is 1.15. The van der Waals surface area contributed by atoms with Crippen molar-refractivity contribution in [1.82, 2.24) is 4.90 Å². The largest absolute Gasteiger partial charge is 0.466 e. The molecule has 8 nitrogen and oxygen atoms in total. The van der Waals surface area contributed by atoms with Gasteiger partial charge in [0.25, 0.3) is 5.91 Å². The van der Waals surface area contributed by atoms with E-state index in [0.717, 1.165) is 24.2 Å². The summed E-state index contributed by atoms with van der Waals surface area (Å²) in [5.41, 5.74) is 0. The number of esters is 2. The Morgan fingerprint density at radius 1 is 1.33 bits per heavy atom. The van der Waals surface area contributed by atoms with Gasteiger partial charge in [-0.05, 0) is 0 Å². The highest BCUT2D eigenvalue weighted by Crippen LogP contribution is 2.03. The number of ether oxygens (including phenoxy) is 3. The van der Waals surface area contributed by atoms with Crippen LogP contribution in [-0.2, 0) is 28.6 Å². The number of carbonyl (C=O) groups is 4. The number of imide groups is 1. The quantitative estimate of drug-likeness (QED) is 0.370. The Morgan fingerprint density at radius 2 is 2.00 bits per heavy atom. The van der Waals surface area contributed by atoms with Crippen LogP contribution in [0, 0.1) is 0 Å². The third-order valence-corrected chi connectivity index (χ3v) is 1.96. The molecule has 1 aliphatic rings. The number of cyclic esters (lactones) is 1. The van der Waals surface area contributed by atoms with E-state index in [1.165, 1.54) is 0 Å². The van der Waals surface area contributed by atoms with Crippen molar-refractivity contribution >= 4 is 23.9 Å². The first-order chi connectivity index (χ1) is 8.54. The van der Waals surface area contributed by atoms with E-state index in [1.807, 2.05) is 0 Å². The van der Waals surface area contributed by atoms with Gasteiger partial charge in [0.2, 0.25) is 0 Å². The number of carbonyl (C=O) groups excluding carboxylic acids is 4. The van der Waals surface area contributed by atoms with Gasteiger partial charge >= 0.3 is 18.0 Å². The van der Waals surface area contributed by atoms with Crippen LogP contribution >= 0.6 is 0 Å². The van der Waals surface area contributed by atoms with Crippen LogP contribution in [-0.4, -0.2) is 55.7 Å². The third-order valence-electron chi connectivity index (χ3n) is 1.96. The first kappa shape index (κ1) is 13.7. The van der Waals surface area contributed by atoms with E-state index >= 15 is 0 Å². The van der Waals surface area contributed by atoms with Gasteiger partial charge < -0.3 is 14.2 Å². The van der Waals surface area contributed by atoms with Crippen molar-refractivity contribution < 1.29 is 33.4 Å². The average Bonchev–Trinajstić information content (AvgIpc) is 2.79. The zero-order valence-corrected chi connectivity index (χ0v) is 9.58. The van der Waals surface area contributed by atoms with Gasteiger partial charge in [-0.25, -0.2) is 19.3 Å². The topological polar surface area (TPSA) is 99.2 Å². The van der Waals surface area contributed by atoms with Gasteiger partial charge in [0, 0.05) is 12.2 Å². The Hall–Kier alpha value is -2.38. The Kier molecular flexibility index (Phi) is 4.85. The van der Waals surface area contributed by atoms with Gasteiger partial charge in [-0.1, -0.05) is 0 Å². The number of hydrogen-bond donors (Lipinski definition) is 0. The summed E-state index contributed by atoms with van der Waals surface area (Å²) in [6, 6.07) is 0. The first-order valence-corrected chi connectivity index (χ1v) is 4.94. The van der Waals surface area contributed by atoms with Gasteiger partial charge in [0.15, 0.2) is 6.61 Å². The lowest BCUT2D eigenvalue weighted by Gasteiger charge is -2.09. The Morgan fingerprint density at radius 3 is 2.56 bits per heavy atom. The van der Waals surface area contributed by atoms with Crippen LogP contribution in [0.4, 0.5) is 4.79 Å². The lowest BCUT2D eigenvalue weighted by molar-refractivity contribution is -0.146. The van der Waals surface area contributed by atoms with Crippen molar-refractivity contribution in [3.8, 4) is 0 Å². The second-order valence-electron chi connectivity index (χ2n) is 3.12. The fourth-order valence-electron chi connectivity index (χ4n) is 1.08. The van der Waals surface area contributed by atoms with Crippen LogP contribution in [0.15, 0.2) is 12.2 Å². The average molecular weight is 257 g/mol. The van der Waals surface area contributed by atoms with Crippen LogP contribution in [0.5, 0.6) is 0 Å². The van der Waals surface area contributed by atoms with Gasteiger partial charge in [-0.3, -0.25) is 4.79 Å². The Labute approximate surface area is 102 Å². The second kappa shape index (κ2) is 6.38. The number of methoxy groups -OCH3 is 1. The van der Waals surface area contributed by atoms with Crippen LogP contribution in [0.25, 0.3) is 0 Å². The summed E-state index contributed by atoms with van der Waals surface area (Å²) >= 11 is 0. The molecule has 0 saturated carbocycles. The van der Waals surface area contributed by atoms with Gasteiger partial charge in [0.1, 0.15) is 6.61 Å². The fraction of sp³-hybridized carbons (Fsp3) is 0.400. The number of amides is 2. The van der Waals surface area contributed by atoms with Crippen LogP contribution < -0.4 is 0 Å². The summed E-state index contributed by atoms with van der Waals surface area (Å²) in [5, 5.41) is 0. The second-order valence-corrected chi connectivity index (χ2v) is 3.12. The third kappa shape index (κ3) is 3.89. The SMILES string of the molecule is COC(=O)C=CC(=O)OCC(=O)N1CCOC1=O. The number of nitrogens with zero attached hydrogens (tertiary/aromatic N) is 1. The zero-order valence-electron chi connectivity index (χ0n) is 9.58. The minimum Gasteiger partial charge on any atom is -0.466 e. The summed E-state index contributed by atoms with van der Waals surface area (Å²) in [6.07, 6.45) is 0.916. The molecule has 0 atom stereocenters. The van der Waals surface area contributed by atoms with Crippen LogP contribution in [0.2, 0.25) is 0 Å². The number of rotatable bonds is 4. The van der Waals surface area contributed by atoms with Crippen molar-refractivity contribution in [1.29, 1.82) is 0 Å². The molecule has 0 aromatic carbocycles. The van der Waals surface area contributed by atoms with E-state index in [9.17, 15) is 19.2 Å². The lowest BCUT2D eigenvalue weighted by atomic mass is 10.5. The maximum Gasteiger partial charge on any atom is 0.416 e. The molecule has 0 bridgehead atoms. The first-order valence-electron chi connectivity index (χ1n) is 4.94. The van der Waals surface area contributed by atoms with Crippen molar-refractivity contribution in [2.75, 3.05) is 26.9 Å². The van der Waals surface area contributed by atoms with E-state index in [-0.39, 0.29) is 13.2 Å². The van der Waals surface area contributed by atoms with E-state index < -0.39 is 30.5 Å².